The molecule has 1 N–H and O–H groups in total. The lowest BCUT2D eigenvalue weighted by atomic mass is 10.2. The van der Waals surface area contributed by atoms with E-state index in [1.807, 2.05) is 0 Å². The summed E-state index contributed by atoms with van der Waals surface area (Å²) in [5, 5.41) is 0. The molecule has 1 aromatic carbocycles. The summed E-state index contributed by atoms with van der Waals surface area (Å²) in [6.45, 7) is 0. The summed E-state index contributed by atoms with van der Waals surface area (Å²) in [6, 6.07) is 8.30. The average molecular weight is 484 g/mol. The van der Waals surface area contributed by atoms with E-state index in [-0.39, 0.29) is 0 Å². The third-order valence-corrected chi connectivity index (χ3v) is 5.95. The number of thiophene rings is 1. The van der Waals surface area contributed by atoms with Crippen molar-refractivity contribution in [3.8, 4) is 0 Å². The molecular weight excluding hydrogens is 478 g/mol. The van der Waals surface area contributed by atoms with Gasteiger partial charge < -0.3 is 4.84 Å². The van der Waals surface area contributed by atoms with Crippen molar-refractivity contribution in [2.45, 2.75) is 0 Å². The predicted molar refractivity (Wildman–Crippen MR) is 86.7 cm³/mol. The molecule has 0 radical (unpaired) electrons. The molecule has 2 aromatic rings. The van der Waals surface area contributed by atoms with Crippen molar-refractivity contribution >= 4 is 71.0 Å². The van der Waals surface area contributed by atoms with Gasteiger partial charge >= 0.3 is 5.97 Å². The van der Waals surface area contributed by atoms with Gasteiger partial charge in [0.1, 0.15) is 4.88 Å². The van der Waals surface area contributed by atoms with Gasteiger partial charge in [-0.15, -0.1) is 11.3 Å². The molecule has 4 nitrogen and oxygen atoms in total. The first-order valence-electron chi connectivity index (χ1n) is 5.19. The third-order valence-electron chi connectivity index (χ3n) is 2.19. The molecule has 1 amide bonds. The van der Waals surface area contributed by atoms with Crippen molar-refractivity contribution in [2.75, 3.05) is 0 Å². The van der Waals surface area contributed by atoms with Crippen LogP contribution < -0.4 is 5.48 Å². The van der Waals surface area contributed by atoms with E-state index in [2.05, 4.69) is 53.3 Å². The summed E-state index contributed by atoms with van der Waals surface area (Å²) < 4.78 is 2.40. The minimum Gasteiger partial charge on any atom is -0.334 e. The van der Waals surface area contributed by atoms with Gasteiger partial charge in [-0.1, -0.05) is 15.9 Å². The zero-order valence-corrected chi connectivity index (χ0v) is 15.2. The second kappa shape index (κ2) is 6.84. The minimum atomic E-state index is -0.619. The molecule has 1 aromatic heterocycles. The molecule has 8 heteroatoms. The van der Waals surface area contributed by atoms with E-state index in [9.17, 15) is 9.59 Å². The van der Waals surface area contributed by atoms with E-state index < -0.39 is 11.9 Å². The van der Waals surface area contributed by atoms with E-state index in [1.54, 1.807) is 30.3 Å². The van der Waals surface area contributed by atoms with Gasteiger partial charge in [-0.3, -0.25) is 4.79 Å². The topological polar surface area (TPSA) is 55.4 Å². The molecule has 0 saturated carbocycles. The lowest BCUT2D eigenvalue weighted by Crippen LogP contribution is -2.26. The summed E-state index contributed by atoms with van der Waals surface area (Å²) in [7, 11) is 0. The van der Waals surface area contributed by atoms with Crippen molar-refractivity contribution in [2.24, 2.45) is 0 Å². The maximum Gasteiger partial charge on any atom is 0.372 e. The molecular formula is C12H6Br3NO3S. The molecule has 0 unspecified atom stereocenters. The highest BCUT2D eigenvalue weighted by molar-refractivity contribution is 9.13. The van der Waals surface area contributed by atoms with Crippen molar-refractivity contribution in [1.82, 2.24) is 5.48 Å². The smallest absolute Gasteiger partial charge is 0.334 e. The summed E-state index contributed by atoms with van der Waals surface area (Å²) in [6.07, 6.45) is 0. The van der Waals surface area contributed by atoms with E-state index in [0.717, 1.165) is 12.7 Å². The number of amides is 1. The zero-order chi connectivity index (χ0) is 14.7. The second-order valence-electron chi connectivity index (χ2n) is 3.56. The Kier molecular flexibility index (Phi) is 5.36. The van der Waals surface area contributed by atoms with E-state index in [0.29, 0.717) is 10.4 Å². The largest absolute Gasteiger partial charge is 0.372 e. The molecule has 0 bridgehead atoms. The highest BCUT2D eigenvalue weighted by Gasteiger charge is 2.15. The molecule has 0 aliphatic carbocycles. The predicted octanol–water partition coefficient (Wildman–Crippen LogP) is 4.54. The first kappa shape index (κ1) is 15.7. The summed E-state index contributed by atoms with van der Waals surface area (Å²) in [5.74, 6) is -1.10. The van der Waals surface area contributed by atoms with Crippen LogP contribution in [0, 0.1) is 0 Å². The first-order valence-corrected chi connectivity index (χ1v) is 8.39. The molecule has 0 spiro atoms. The van der Waals surface area contributed by atoms with Gasteiger partial charge in [-0.05, 0) is 62.2 Å². The van der Waals surface area contributed by atoms with Gasteiger partial charge in [-0.25, -0.2) is 4.79 Å². The number of rotatable bonds is 2. The van der Waals surface area contributed by atoms with Gasteiger partial charge in [0.15, 0.2) is 0 Å². The van der Waals surface area contributed by atoms with Gasteiger partial charge in [-0.2, -0.15) is 5.48 Å². The Bertz CT molecular complexity index is 635. The van der Waals surface area contributed by atoms with Gasteiger partial charge in [0.05, 0.1) is 3.79 Å². The Morgan fingerprint density at radius 2 is 1.75 bits per heavy atom. The Morgan fingerprint density at radius 1 is 1.10 bits per heavy atom. The third kappa shape index (κ3) is 3.91. The maximum absolute atomic E-state index is 11.7. The zero-order valence-electron chi connectivity index (χ0n) is 9.65. The average Bonchev–Trinajstić information content (AvgIpc) is 2.76. The second-order valence-corrected chi connectivity index (χ2v) is 7.70. The molecule has 104 valence electrons. The fourth-order valence-electron chi connectivity index (χ4n) is 1.25. The molecule has 0 fully saturated rings. The lowest BCUT2D eigenvalue weighted by molar-refractivity contribution is 0.0235. The van der Waals surface area contributed by atoms with E-state index in [4.69, 9.17) is 4.84 Å². The van der Waals surface area contributed by atoms with Crippen LogP contribution >= 0.6 is 59.1 Å². The molecule has 0 aliphatic rings. The van der Waals surface area contributed by atoms with Crippen LogP contribution in [0.5, 0.6) is 0 Å². The van der Waals surface area contributed by atoms with Crippen LogP contribution in [0.1, 0.15) is 20.0 Å². The summed E-state index contributed by atoms with van der Waals surface area (Å²) in [5.41, 5.74) is 2.52. The molecule has 20 heavy (non-hydrogen) atoms. The van der Waals surface area contributed by atoms with Crippen LogP contribution in [0.15, 0.2) is 43.1 Å². The maximum atomic E-state index is 11.7. The Morgan fingerprint density at radius 3 is 2.30 bits per heavy atom. The van der Waals surface area contributed by atoms with Crippen LogP contribution in [-0.2, 0) is 4.84 Å². The van der Waals surface area contributed by atoms with Gasteiger partial charge in [0.2, 0.25) is 0 Å². The molecule has 0 atom stereocenters. The van der Waals surface area contributed by atoms with Crippen molar-refractivity contribution < 1.29 is 14.4 Å². The van der Waals surface area contributed by atoms with E-state index >= 15 is 0 Å². The minimum absolute atomic E-state index is 0.375. The van der Waals surface area contributed by atoms with Crippen molar-refractivity contribution in [3.63, 3.8) is 0 Å². The number of halogens is 3. The number of carbonyl (C=O) groups is 2. The Labute approximate surface area is 143 Å². The summed E-state index contributed by atoms with van der Waals surface area (Å²) in [4.78, 5) is 28.6. The normalized spacial score (nSPS) is 10.2. The van der Waals surface area contributed by atoms with Crippen molar-refractivity contribution in [3.05, 3.63) is 53.5 Å². The van der Waals surface area contributed by atoms with Crippen LogP contribution in [0.25, 0.3) is 0 Å². The molecule has 0 aliphatic heterocycles. The van der Waals surface area contributed by atoms with Crippen LogP contribution in [0.4, 0.5) is 0 Å². The number of carbonyl (C=O) groups excluding carboxylic acids is 2. The fraction of sp³-hybridized carbons (Fsp3) is 0. The molecule has 0 saturated heterocycles. The highest BCUT2D eigenvalue weighted by Crippen LogP contribution is 2.32. The number of hydrogen-bond donors (Lipinski definition) is 1. The van der Waals surface area contributed by atoms with Gasteiger partial charge in [0.25, 0.3) is 5.91 Å². The van der Waals surface area contributed by atoms with Crippen LogP contribution in [0.3, 0.4) is 0 Å². The summed E-state index contributed by atoms with van der Waals surface area (Å²) >= 11 is 11.0. The van der Waals surface area contributed by atoms with Gasteiger partial charge in [0, 0.05) is 14.5 Å². The fourth-order valence-corrected chi connectivity index (χ4v) is 3.43. The molecule has 2 rings (SSSR count). The molecule has 1 heterocycles. The van der Waals surface area contributed by atoms with Crippen molar-refractivity contribution in [1.29, 1.82) is 0 Å². The Hall–Kier alpha value is -0.700. The first-order chi connectivity index (χ1) is 9.47. The number of nitrogens with one attached hydrogen (secondary N) is 1. The number of hydrogen-bond acceptors (Lipinski definition) is 4. The lowest BCUT2D eigenvalue weighted by Gasteiger charge is -2.04. The SMILES string of the molecule is O=C(NOC(=O)c1cc(Br)c(Br)s1)c1ccc(Br)cc1. The Balaban J connectivity index is 1.96. The number of benzene rings is 1. The van der Waals surface area contributed by atoms with Crippen LogP contribution in [-0.4, -0.2) is 11.9 Å². The monoisotopic (exact) mass is 481 g/mol. The van der Waals surface area contributed by atoms with Crippen LogP contribution in [0.2, 0.25) is 0 Å². The highest BCUT2D eigenvalue weighted by atomic mass is 79.9. The van der Waals surface area contributed by atoms with E-state index in [1.165, 1.54) is 11.3 Å². The standard InChI is InChI=1S/C12H6Br3NO3S/c13-7-3-1-6(2-4-7)11(17)16-19-12(18)9-5-8(14)10(15)20-9/h1-5H,(H,16,17). The number of hydroxylamine groups is 1. The quantitative estimate of drug-likeness (QED) is 0.638.